The maximum Gasteiger partial charge on any atom is 0.226 e. The summed E-state index contributed by atoms with van der Waals surface area (Å²) in [4.78, 5) is 31.1. The summed E-state index contributed by atoms with van der Waals surface area (Å²) in [5.74, 6) is -0.339. The zero-order valence-corrected chi connectivity index (χ0v) is 20.7. The highest BCUT2D eigenvalue weighted by molar-refractivity contribution is 7.91. The number of hydrogen-bond donors (Lipinski definition) is 1. The molecule has 0 unspecified atom stereocenters. The number of rotatable bonds is 9. The Morgan fingerprint density at radius 2 is 1.51 bits per heavy atom. The van der Waals surface area contributed by atoms with Crippen molar-refractivity contribution in [3.05, 3.63) is 101 Å². The smallest absolute Gasteiger partial charge is 0.226 e. The summed E-state index contributed by atoms with van der Waals surface area (Å²) in [6, 6.07) is 25.0. The number of carbonyl (C=O) groups excluding carboxylic acids is 2. The minimum absolute atomic E-state index is 0.0439. The highest BCUT2D eigenvalue weighted by Gasteiger charge is 2.21. The fraction of sp³-hybridized carbons (Fsp3) is 0.148. The van der Waals surface area contributed by atoms with Crippen molar-refractivity contribution in [1.29, 1.82) is 0 Å². The van der Waals surface area contributed by atoms with E-state index < -0.39 is 9.84 Å². The van der Waals surface area contributed by atoms with Gasteiger partial charge in [0.05, 0.1) is 16.3 Å². The first-order chi connectivity index (χ1) is 16.9. The van der Waals surface area contributed by atoms with Gasteiger partial charge in [-0.1, -0.05) is 91.1 Å². The van der Waals surface area contributed by atoms with Gasteiger partial charge >= 0.3 is 0 Å². The maximum absolute atomic E-state index is 13.2. The van der Waals surface area contributed by atoms with E-state index >= 15 is 0 Å². The molecule has 35 heavy (non-hydrogen) atoms. The zero-order valence-electron chi connectivity index (χ0n) is 19.1. The molecule has 0 aliphatic heterocycles. The summed E-state index contributed by atoms with van der Waals surface area (Å²) >= 11 is 1.16. The minimum Gasteiger partial charge on any atom is -0.302 e. The van der Waals surface area contributed by atoms with Gasteiger partial charge in [0.2, 0.25) is 11.7 Å². The number of anilines is 1. The largest absolute Gasteiger partial charge is 0.302 e. The van der Waals surface area contributed by atoms with E-state index in [0.29, 0.717) is 27.7 Å². The molecule has 4 aromatic rings. The van der Waals surface area contributed by atoms with Crippen LogP contribution in [0.5, 0.6) is 0 Å². The Hall–Kier alpha value is -3.62. The number of thiazole rings is 1. The number of nitrogens with zero attached hydrogens (tertiary/aromatic N) is 1. The van der Waals surface area contributed by atoms with Gasteiger partial charge in [-0.2, -0.15) is 0 Å². The van der Waals surface area contributed by atoms with Crippen LogP contribution in [-0.4, -0.2) is 30.8 Å². The number of benzene rings is 3. The van der Waals surface area contributed by atoms with Gasteiger partial charge in [-0.05, 0) is 24.1 Å². The average molecular weight is 505 g/mol. The second-order valence-corrected chi connectivity index (χ2v) is 11.1. The zero-order chi connectivity index (χ0) is 24.8. The molecule has 1 heterocycles. The Bertz CT molecular complexity index is 1430. The molecular weight excluding hydrogens is 480 g/mol. The van der Waals surface area contributed by atoms with Crippen LogP contribution in [0.25, 0.3) is 11.3 Å². The normalized spacial score (nSPS) is 11.2. The van der Waals surface area contributed by atoms with Gasteiger partial charge in [0.1, 0.15) is 4.88 Å². The molecule has 0 aliphatic rings. The van der Waals surface area contributed by atoms with Crippen LogP contribution in [0, 0.1) is 0 Å². The van der Waals surface area contributed by atoms with Crippen molar-refractivity contribution in [2.45, 2.75) is 24.7 Å². The van der Waals surface area contributed by atoms with Crippen molar-refractivity contribution >= 4 is 38.0 Å². The quantitative estimate of drug-likeness (QED) is 0.308. The lowest BCUT2D eigenvalue weighted by molar-refractivity contribution is -0.116. The van der Waals surface area contributed by atoms with Crippen molar-refractivity contribution in [3.8, 4) is 11.3 Å². The average Bonchev–Trinajstić information content (AvgIpc) is 3.32. The number of ketones is 1. The minimum atomic E-state index is -3.25. The van der Waals surface area contributed by atoms with Crippen LogP contribution >= 0.6 is 11.3 Å². The molecule has 0 fully saturated rings. The predicted octanol–water partition coefficient (Wildman–Crippen LogP) is 5.41. The number of carbonyl (C=O) groups is 2. The fourth-order valence-corrected chi connectivity index (χ4v) is 5.36. The first kappa shape index (κ1) is 24.5. The molecule has 0 spiro atoms. The van der Waals surface area contributed by atoms with E-state index in [1.54, 1.807) is 43.3 Å². The molecule has 0 aliphatic carbocycles. The molecule has 4 rings (SSSR count). The number of aryl methyl sites for hydroxylation is 1. The number of amides is 1. The molecular formula is C27H24N2O4S2. The third-order valence-electron chi connectivity index (χ3n) is 5.47. The SMILES string of the molecule is CCS(=O)(=O)c1ccc(CCC(=O)Nc2nc(-c3ccccc3)c(C(=O)c3ccccc3)s2)cc1. The van der Waals surface area contributed by atoms with Crippen LogP contribution in [0.15, 0.2) is 89.8 Å². The molecule has 1 amide bonds. The van der Waals surface area contributed by atoms with Gasteiger partial charge < -0.3 is 5.32 Å². The number of nitrogens with one attached hydrogen (secondary N) is 1. The summed E-state index contributed by atoms with van der Waals surface area (Å²) in [5.41, 5.74) is 2.75. The highest BCUT2D eigenvalue weighted by Crippen LogP contribution is 2.33. The van der Waals surface area contributed by atoms with Gasteiger partial charge in [0.25, 0.3) is 0 Å². The van der Waals surface area contributed by atoms with Crippen LogP contribution < -0.4 is 5.32 Å². The Morgan fingerprint density at radius 1 is 0.886 bits per heavy atom. The van der Waals surface area contributed by atoms with Gasteiger partial charge in [-0.3, -0.25) is 9.59 Å². The van der Waals surface area contributed by atoms with E-state index in [-0.39, 0.29) is 28.8 Å². The third-order valence-corrected chi connectivity index (χ3v) is 8.19. The first-order valence-corrected chi connectivity index (χ1v) is 13.6. The molecule has 1 aromatic heterocycles. The van der Waals surface area contributed by atoms with Gasteiger partial charge in [0, 0.05) is 17.5 Å². The Kier molecular flexibility index (Phi) is 7.53. The molecule has 0 saturated carbocycles. The lowest BCUT2D eigenvalue weighted by atomic mass is 10.1. The van der Waals surface area contributed by atoms with Crippen molar-refractivity contribution in [2.75, 3.05) is 11.1 Å². The Balaban J connectivity index is 1.49. The second kappa shape index (κ2) is 10.8. The van der Waals surface area contributed by atoms with Crippen LogP contribution in [0.2, 0.25) is 0 Å². The monoisotopic (exact) mass is 504 g/mol. The summed E-state index contributed by atoms with van der Waals surface area (Å²) in [7, 11) is -3.25. The van der Waals surface area contributed by atoms with Crippen LogP contribution in [-0.2, 0) is 21.1 Å². The molecule has 8 heteroatoms. The Morgan fingerprint density at radius 3 is 2.14 bits per heavy atom. The van der Waals surface area contributed by atoms with Gasteiger partial charge in [-0.25, -0.2) is 13.4 Å². The van der Waals surface area contributed by atoms with E-state index in [1.165, 1.54) is 0 Å². The van der Waals surface area contributed by atoms with E-state index in [9.17, 15) is 18.0 Å². The molecule has 0 atom stereocenters. The number of hydrogen-bond acceptors (Lipinski definition) is 6. The van der Waals surface area contributed by atoms with E-state index in [2.05, 4.69) is 10.3 Å². The highest BCUT2D eigenvalue weighted by atomic mass is 32.2. The molecule has 0 saturated heterocycles. The topological polar surface area (TPSA) is 93.2 Å². The summed E-state index contributed by atoms with van der Waals surface area (Å²) < 4.78 is 23.9. The predicted molar refractivity (Wildman–Crippen MR) is 139 cm³/mol. The van der Waals surface area contributed by atoms with Crippen LogP contribution in [0.4, 0.5) is 5.13 Å². The molecule has 178 valence electrons. The van der Waals surface area contributed by atoms with Gasteiger partial charge in [-0.15, -0.1) is 0 Å². The third kappa shape index (κ3) is 5.90. The van der Waals surface area contributed by atoms with Gasteiger partial charge in [0.15, 0.2) is 15.0 Å². The number of sulfone groups is 1. The standard InChI is InChI=1S/C27H24N2O4S2/c1-2-35(32,33)22-16-13-19(14-17-22)15-18-23(30)28-27-29-24(20-9-5-3-6-10-20)26(34-27)25(31)21-11-7-4-8-12-21/h3-14,16-17H,2,15,18H2,1H3,(H,28,29,30). The van der Waals surface area contributed by atoms with Crippen LogP contribution in [0.3, 0.4) is 0 Å². The van der Waals surface area contributed by atoms with Crippen molar-refractivity contribution in [3.63, 3.8) is 0 Å². The van der Waals surface area contributed by atoms with Crippen molar-refractivity contribution in [1.82, 2.24) is 4.98 Å². The van der Waals surface area contributed by atoms with E-state index in [1.807, 2.05) is 48.5 Å². The summed E-state index contributed by atoms with van der Waals surface area (Å²) in [5, 5.41) is 3.17. The first-order valence-electron chi connectivity index (χ1n) is 11.1. The lowest BCUT2D eigenvalue weighted by Gasteiger charge is -2.05. The summed E-state index contributed by atoms with van der Waals surface area (Å²) in [6.07, 6.45) is 0.646. The van der Waals surface area contributed by atoms with Crippen LogP contribution in [0.1, 0.15) is 34.1 Å². The van der Waals surface area contributed by atoms with E-state index in [4.69, 9.17) is 0 Å². The maximum atomic E-state index is 13.2. The summed E-state index contributed by atoms with van der Waals surface area (Å²) in [6.45, 7) is 1.61. The fourth-order valence-electron chi connectivity index (χ4n) is 3.51. The second-order valence-electron chi connectivity index (χ2n) is 7.85. The molecule has 3 aromatic carbocycles. The molecule has 0 bridgehead atoms. The molecule has 6 nitrogen and oxygen atoms in total. The van der Waals surface area contributed by atoms with E-state index in [0.717, 1.165) is 22.5 Å². The Labute approximate surface area is 208 Å². The lowest BCUT2D eigenvalue weighted by Crippen LogP contribution is -2.12. The molecule has 1 N–H and O–H groups in total. The number of aromatic nitrogens is 1. The molecule has 0 radical (unpaired) electrons. The van der Waals surface area contributed by atoms with Crippen molar-refractivity contribution < 1.29 is 18.0 Å². The van der Waals surface area contributed by atoms with Crippen molar-refractivity contribution in [2.24, 2.45) is 0 Å².